The van der Waals surface area contributed by atoms with Crippen LogP contribution < -0.4 is 9.47 Å². The molecule has 0 bridgehead atoms. The zero-order chi connectivity index (χ0) is 34.3. The van der Waals surface area contributed by atoms with Crippen LogP contribution in [0.5, 0.6) is 11.5 Å². The van der Waals surface area contributed by atoms with Crippen LogP contribution in [0.1, 0.15) is 48.2 Å². The number of rotatable bonds is 12. The number of H-pyrrole nitrogens is 2. The van der Waals surface area contributed by atoms with Crippen LogP contribution in [0.25, 0.3) is 21.5 Å². The number of hydrogen-bond donors (Lipinski definition) is 2. The second-order valence-corrected chi connectivity index (χ2v) is 13.0. The minimum Gasteiger partial charge on any atom is -0.497 e. The Morgan fingerprint density at radius 3 is 1.38 bits per heavy atom. The van der Waals surface area contributed by atoms with Crippen molar-refractivity contribution in [1.82, 2.24) is 19.9 Å². The van der Waals surface area contributed by atoms with Gasteiger partial charge < -0.3 is 28.9 Å². The molecule has 2 aliphatic rings. The largest absolute Gasteiger partial charge is 0.497 e. The molecule has 2 unspecified atom stereocenters. The Morgan fingerprint density at radius 2 is 1.02 bits per heavy atom. The van der Waals surface area contributed by atoms with Crippen molar-refractivity contribution in [2.75, 3.05) is 14.2 Å². The zero-order valence-corrected chi connectivity index (χ0v) is 27.7. The van der Waals surface area contributed by atoms with Crippen molar-refractivity contribution in [2.45, 2.75) is 36.9 Å². The maximum Gasteiger partial charge on any atom is 0.332 e. The van der Waals surface area contributed by atoms with Gasteiger partial charge in [-0.3, -0.25) is 0 Å². The van der Waals surface area contributed by atoms with Crippen LogP contribution in [-0.4, -0.2) is 46.1 Å². The number of carbonyl (C=O) groups excluding carboxylic acids is 2. The maximum absolute atomic E-state index is 13.7. The first-order valence-corrected chi connectivity index (χ1v) is 16.7. The van der Waals surface area contributed by atoms with Gasteiger partial charge >= 0.3 is 11.9 Å². The number of aromatic nitrogens is 4. The third-order valence-electron chi connectivity index (χ3n) is 9.93. The van der Waals surface area contributed by atoms with Crippen LogP contribution in [0.3, 0.4) is 0 Å². The van der Waals surface area contributed by atoms with Gasteiger partial charge in [-0.25, -0.2) is 19.6 Å². The molecular weight excluding hydrogens is 632 g/mol. The summed E-state index contributed by atoms with van der Waals surface area (Å²) in [5.41, 5.74) is 0.699. The van der Waals surface area contributed by atoms with E-state index in [0.29, 0.717) is 11.4 Å². The van der Waals surface area contributed by atoms with Crippen LogP contribution >= 0.6 is 0 Å². The van der Waals surface area contributed by atoms with Gasteiger partial charge in [0.25, 0.3) is 0 Å². The molecule has 2 aliphatic carbocycles. The summed E-state index contributed by atoms with van der Waals surface area (Å²) in [6, 6.07) is 23.7. The average molecular weight is 669 g/mol. The molecule has 0 spiro atoms. The minimum atomic E-state index is -1.13. The second-order valence-electron chi connectivity index (χ2n) is 13.0. The lowest BCUT2D eigenvalue weighted by Gasteiger charge is -2.34. The van der Waals surface area contributed by atoms with E-state index in [1.165, 1.54) is 0 Å². The second kappa shape index (κ2) is 12.5. The molecule has 252 valence electrons. The van der Waals surface area contributed by atoms with Crippen molar-refractivity contribution < 1.29 is 28.5 Å². The molecule has 0 radical (unpaired) electrons. The highest BCUT2D eigenvalue weighted by molar-refractivity contribution is 5.93. The van der Waals surface area contributed by atoms with E-state index in [1.807, 2.05) is 72.8 Å². The summed E-state index contributed by atoms with van der Waals surface area (Å²) in [5.74, 6) is 0.232. The predicted octanol–water partition coefficient (Wildman–Crippen LogP) is 7.11. The number of aromatic amines is 2. The van der Waals surface area contributed by atoms with E-state index >= 15 is 0 Å². The number of benzene rings is 4. The van der Waals surface area contributed by atoms with Crippen molar-refractivity contribution in [1.29, 1.82) is 0 Å². The van der Waals surface area contributed by atoms with Crippen LogP contribution in [0.2, 0.25) is 0 Å². The Labute approximate surface area is 288 Å². The lowest BCUT2D eigenvalue weighted by atomic mass is 9.84. The first-order chi connectivity index (χ1) is 24.4. The molecule has 10 heteroatoms. The monoisotopic (exact) mass is 668 g/mol. The normalized spacial score (nSPS) is 16.9. The number of nitrogens with one attached hydrogen (secondary N) is 2. The van der Waals surface area contributed by atoms with Crippen molar-refractivity contribution >= 4 is 33.5 Å². The van der Waals surface area contributed by atoms with Crippen molar-refractivity contribution in [3.8, 4) is 11.5 Å². The quantitative estimate of drug-likeness (QED) is 0.104. The Bertz CT molecular complexity index is 2060. The first kappa shape index (κ1) is 31.4. The van der Waals surface area contributed by atoms with E-state index in [9.17, 15) is 9.59 Å². The zero-order valence-electron chi connectivity index (χ0n) is 27.7. The molecule has 50 heavy (non-hydrogen) atoms. The fourth-order valence-corrected chi connectivity index (χ4v) is 7.20. The number of carbonyl (C=O) groups is 2. The SMILES string of the molecule is COc1ccc2cc(C(OC(=O)/C=C/C(=O)OC(c3ccc4cc(OC)ccc4c3)(c3cnc[nH]3)C3CC3)(c3cnc[nH]3)C3CC3)ccc2c1. The van der Waals surface area contributed by atoms with Gasteiger partial charge in [0.2, 0.25) is 0 Å². The molecule has 0 saturated heterocycles. The van der Waals surface area contributed by atoms with Gasteiger partial charge in [-0.15, -0.1) is 0 Å². The lowest BCUT2D eigenvalue weighted by Crippen LogP contribution is -2.37. The number of esters is 2. The van der Waals surface area contributed by atoms with Gasteiger partial charge in [0.05, 0.1) is 50.7 Å². The number of methoxy groups -OCH3 is 2. The molecule has 2 aromatic heterocycles. The Morgan fingerprint density at radius 1 is 0.620 bits per heavy atom. The van der Waals surface area contributed by atoms with Gasteiger partial charge in [0.1, 0.15) is 11.5 Å². The lowest BCUT2D eigenvalue weighted by molar-refractivity contribution is -0.156. The molecule has 6 aromatic rings. The van der Waals surface area contributed by atoms with Gasteiger partial charge in [0, 0.05) is 35.1 Å². The van der Waals surface area contributed by atoms with Crippen molar-refractivity contribution in [3.63, 3.8) is 0 Å². The molecule has 2 heterocycles. The van der Waals surface area contributed by atoms with E-state index in [1.54, 1.807) is 39.3 Å². The van der Waals surface area contributed by atoms with Gasteiger partial charge in [-0.05, 0) is 83.6 Å². The number of imidazole rings is 2. The van der Waals surface area contributed by atoms with Gasteiger partial charge in [-0.1, -0.05) is 36.4 Å². The molecule has 4 aromatic carbocycles. The Hall–Kier alpha value is -5.90. The van der Waals surface area contributed by atoms with E-state index in [0.717, 1.165) is 82.0 Å². The van der Waals surface area contributed by atoms with Crippen LogP contribution in [0.15, 0.2) is 110 Å². The minimum absolute atomic E-state index is 0.0266. The third-order valence-corrected chi connectivity index (χ3v) is 9.93. The predicted molar refractivity (Wildman–Crippen MR) is 187 cm³/mol. The van der Waals surface area contributed by atoms with Crippen LogP contribution in [0, 0.1) is 11.8 Å². The standard InChI is InChI=1S/C40H36N4O6/c1-47-33-13-5-25-17-31(7-3-27(25)19-33)39(29-9-10-29,35-21-41-23-43-35)49-37(45)15-16-38(46)50-40(30-11-12-30,36-22-42-24-44-36)32-8-4-28-20-34(48-2)14-6-26(28)18-32/h3-8,13-24,29-30H,9-12H2,1-2H3,(H,41,43)(H,42,44)/b16-15+. The van der Waals surface area contributed by atoms with E-state index in [-0.39, 0.29) is 11.8 Å². The summed E-state index contributed by atoms with van der Waals surface area (Å²) >= 11 is 0. The molecule has 2 atom stereocenters. The van der Waals surface area contributed by atoms with Gasteiger partial charge in [0.15, 0.2) is 11.2 Å². The summed E-state index contributed by atoms with van der Waals surface area (Å²) in [5, 5.41) is 3.95. The van der Waals surface area contributed by atoms with E-state index in [2.05, 4.69) is 19.9 Å². The van der Waals surface area contributed by atoms with Gasteiger partial charge in [-0.2, -0.15) is 0 Å². The van der Waals surface area contributed by atoms with E-state index < -0.39 is 23.1 Å². The summed E-state index contributed by atoms with van der Waals surface area (Å²) < 4.78 is 23.6. The first-order valence-electron chi connectivity index (χ1n) is 16.7. The Kier molecular flexibility index (Phi) is 7.86. The molecule has 0 aliphatic heterocycles. The van der Waals surface area contributed by atoms with Crippen LogP contribution in [-0.2, 0) is 30.3 Å². The molecule has 10 nitrogen and oxygen atoms in total. The molecule has 2 fully saturated rings. The molecule has 0 amide bonds. The van der Waals surface area contributed by atoms with E-state index in [4.69, 9.17) is 18.9 Å². The summed E-state index contributed by atoms with van der Waals surface area (Å²) in [6.07, 6.45) is 12.3. The molecule has 8 rings (SSSR count). The fraction of sp³-hybridized carbons (Fsp3) is 0.250. The maximum atomic E-state index is 13.7. The highest BCUT2D eigenvalue weighted by atomic mass is 16.6. The third kappa shape index (κ3) is 5.56. The Balaban J connectivity index is 1.10. The molecule has 2 N–H and O–H groups in total. The summed E-state index contributed by atoms with van der Waals surface area (Å²) in [4.78, 5) is 42.4. The van der Waals surface area contributed by atoms with Crippen molar-refractivity contribution in [2.24, 2.45) is 11.8 Å². The highest BCUT2D eigenvalue weighted by Gasteiger charge is 2.53. The summed E-state index contributed by atoms with van der Waals surface area (Å²) in [7, 11) is 3.28. The van der Waals surface area contributed by atoms with Crippen LogP contribution in [0.4, 0.5) is 0 Å². The number of ether oxygens (including phenoxy) is 4. The number of hydrogen-bond acceptors (Lipinski definition) is 8. The average Bonchev–Trinajstić information content (AvgIpc) is 4.07. The summed E-state index contributed by atoms with van der Waals surface area (Å²) in [6.45, 7) is 0. The van der Waals surface area contributed by atoms with Crippen molar-refractivity contribution in [3.05, 3.63) is 133 Å². The number of nitrogens with zero attached hydrogens (tertiary/aromatic N) is 2. The smallest absolute Gasteiger partial charge is 0.332 e. The molecular formula is C40H36N4O6. The topological polar surface area (TPSA) is 128 Å². The fourth-order valence-electron chi connectivity index (χ4n) is 7.20. The number of fused-ring (bicyclic) bond motifs is 2. The highest BCUT2D eigenvalue weighted by Crippen LogP contribution is 2.53. The molecule has 2 saturated carbocycles.